The Kier molecular flexibility index (Phi) is 7.20. The lowest BCUT2D eigenvalue weighted by Crippen LogP contribution is -2.04. The molecule has 0 heterocycles. The highest BCUT2D eigenvalue weighted by Gasteiger charge is 1.99. The average molecular weight is 198 g/mol. The molecule has 0 bridgehead atoms. The van der Waals surface area contributed by atoms with Crippen molar-refractivity contribution in [2.45, 2.75) is 6.92 Å². The molecule has 0 aliphatic carbocycles. The topological polar surface area (TPSA) is 27.7 Å². The molecule has 0 aromatic heterocycles. The Bertz CT molecular complexity index is 241. The second-order valence-electron chi connectivity index (χ2n) is 2.39. The lowest BCUT2D eigenvalue weighted by atomic mass is 10.6. The molecule has 4 heteroatoms. The van der Waals surface area contributed by atoms with Crippen LogP contribution in [0, 0.1) is 0 Å². The summed E-state index contributed by atoms with van der Waals surface area (Å²) in [5.74, 6) is 0.868. The number of hydrogen-bond acceptors (Lipinski definition) is 2. The SMILES string of the molecule is C=CCN=NC(C)=[N+](C)/C=C\SC. The van der Waals surface area contributed by atoms with Gasteiger partial charge in [0.05, 0.1) is 18.4 Å². The van der Waals surface area contributed by atoms with E-state index in [-0.39, 0.29) is 0 Å². The molecule has 0 fully saturated rings. The third-order valence-corrected chi connectivity index (χ3v) is 1.75. The monoisotopic (exact) mass is 198 g/mol. The van der Waals surface area contributed by atoms with Gasteiger partial charge in [-0.15, -0.1) is 18.3 Å². The second-order valence-corrected chi connectivity index (χ2v) is 3.14. The van der Waals surface area contributed by atoms with Crippen LogP contribution in [-0.4, -0.2) is 30.3 Å². The fourth-order valence-corrected chi connectivity index (χ4v) is 0.836. The highest BCUT2D eigenvalue weighted by Crippen LogP contribution is 1.93. The summed E-state index contributed by atoms with van der Waals surface area (Å²) in [5.41, 5.74) is 0. The minimum absolute atomic E-state index is 0.567. The summed E-state index contributed by atoms with van der Waals surface area (Å²) in [7, 11) is 1.94. The highest BCUT2D eigenvalue weighted by atomic mass is 32.2. The molecule has 0 N–H and O–H groups in total. The summed E-state index contributed by atoms with van der Waals surface area (Å²) in [4.78, 5) is 0. The van der Waals surface area contributed by atoms with Gasteiger partial charge >= 0.3 is 5.84 Å². The summed E-state index contributed by atoms with van der Waals surface area (Å²) < 4.78 is 1.92. The third-order valence-electron chi connectivity index (χ3n) is 1.36. The van der Waals surface area contributed by atoms with E-state index in [1.54, 1.807) is 17.8 Å². The van der Waals surface area contributed by atoms with Crippen LogP contribution in [0.2, 0.25) is 0 Å². The van der Waals surface area contributed by atoms with E-state index in [0.29, 0.717) is 6.54 Å². The van der Waals surface area contributed by atoms with Gasteiger partial charge in [-0.3, -0.25) is 0 Å². The van der Waals surface area contributed by atoms with Crippen LogP contribution in [0.4, 0.5) is 0 Å². The molecule has 0 amide bonds. The smallest absolute Gasteiger partial charge is 0.235 e. The van der Waals surface area contributed by atoms with E-state index < -0.39 is 0 Å². The van der Waals surface area contributed by atoms with Crippen molar-refractivity contribution in [3.8, 4) is 0 Å². The zero-order valence-corrected chi connectivity index (χ0v) is 9.21. The van der Waals surface area contributed by atoms with Crippen LogP contribution in [0.25, 0.3) is 0 Å². The van der Waals surface area contributed by atoms with Gasteiger partial charge in [0.2, 0.25) is 0 Å². The molecule has 0 unspecified atom stereocenters. The van der Waals surface area contributed by atoms with Crippen LogP contribution in [0.3, 0.4) is 0 Å². The summed E-state index contributed by atoms with van der Waals surface area (Å²) in [6.45, 7) is 6.04. The first kappa shape index (κ1) is 12.1. The van der Waals surface area contributed by atoms with Crippen molar-refractivity contribution in [1.29, 1.82) is 0 Å². The van der Waals surface area contributed by atoms with Crippen LogP contribution in [-0.2, 0) is 0 Å². The van der Waals surface area contributed by atoms with Gasteiger partial charge in [-0.05, 0) is 6.26 Å². The molecule has 0 aliphatic heterocycles. The molecule has 0 radical (unpaired) electrons. The lowest BCUT2D eigenvalue weighted by Gasteiger charge is -1.89. The molecule has 0 rings (SSSR count). The molecular weight excluding hydrogens is 182 g/mol. The summed E-state index contributed by atoms with van der Waals surface area (Å²) in [5, 5.41) is 9.90. The van der Waals surface area contributed by atoms with Gasteiger partial charge in [0, 0.05) is 12.3 Å². The molecule has 0 atom stereocenters. The van der Waals surface area contributed by atoms with Gasteiger partial charge in [-0.2, -0.15) is 0 Å². The molecule has 72 valence electrons. The molecule has 13 heavy (non-hydrogen) atoms. The van der Waals surface area contributed by atoms with Gasteiger partial charge in [0.25, 0.3) is 0 Å². The van der Waals surface area contributed by atoms with Crippen LogP contribution in [0.1, 0.15) is 6.92 Å². The van der Waals surface area contributed by atoms with Crippen molar-refractivity contribution in [2.24, 2.45) is 10.2 Å². The molecule has 0 saturated carbocycles. The fourth-order valence-electron chi connectivity index (χ4n) is 0.531. The van der Waals surface area contributed by atoms with Gasteiger partial charge in [0.15, 0.2) is 0 Å². The zero-order chi connectivity index (χ0) is 10.1. The van der Waals surface area contributed by atoms with Crippen molar-refractivity contribution in [2.75, 3.05) is 19.8 Å². The van der Waals surface area contributed by atoms with E-state index in [2.05, 4.69) is 16.8 Å². The third kappa shape index (κ3) is 6.28. The van der Waals surface area contributed by atoms with Gasteiger partial charge in [-0.25, -0.2) is 4.58 Å². The Balaban J connectivity index is 4.25. The van der Waals surface area contributed by atoms with Crippen molar-refractivity contribution in [1.82, 2.24) is 0 Å². The lowest BCUT2D eigenvalue weighted by molar-refractivity contribution is -0.423. The number of thioether (sulfide) groups is 1. The average Bonchev–Trinajstić information content (AvgIpc) is 2.14. The molecular formula is C9H16N3S+. The Labute approximate surface area is 84.0 Å². The molecule has 0 aromatic rings. The van der Waals surface area contributed by atoms with E-state index in [1.165, 1.54) is 0 Å². The van der Waals surface area contributed by atoms with Crippen molar-refractivity contribution in [3.63, 3.8) is 0 Å². The number of azo groups is 1. The van der Waals surface area contributed by atoms with E-state index >= 15 is 0 Å². The largest absolute Gasteiger partial charge is 0.322 e. The van der Waals surface area contributed by atoms with Crippen LogP contribution >= 0.6 is 11.8 Å². The number of hydrogen-bond donors (Lipinski definition) is 0. The van der Waals surface area contributed by atoms with E-state index in [4.69, 9.17) is 0 Å². The first-order valence-electron chi connectivity index (χ1n) is 3.96. The summed E-state index contributed by atoms with van der Waals surface area (Å²) in [6.07, 6.45) is 5.68. The van der Waals surface area contributed by atoms with Gasteiger partial charge in [0.1, 0.15) is 6.54 Å². The van der Waals surface area contributed by atoms with Gasteiger partial charge in [-0.1, -0.05) is 11.2 Å². The first-order valence-corrected chi connectivity index (χ1v) is 5.25. The molecule has 0 spiro atoms. The Morgan fingerprint density at radius 1 is 1.62 bits per heavy atom. The minimum atomic E-state index is 0.567. The van der Waals surface area contributed by atoms with E-state index in [9.17, 15) is 0 Å². The normalized spacial score (nSPS) is 13.8. The second kappa shape index (κ2) is 7.73. The van der Waals surface area contributed by atoms with Crippen molar-refractivity contribution < 1.29 is 4.58 Å². The Morgan fingerprint density at radius 3 is 2.85 bits per heavy atom. The first-order chi connectivity index (χ1) is 6.22. The highest BCUT2D eigenvalue weighted by molar-refractivity contribution is 8.01. The Hall–Kier alpha value is -0.900. The van der Waals surface area contributed by atoms with Crippen LogP contribution < -0.4 is 0 Å². The molecule has 0 saturated heterocycles. The summed E-state index contributed by atoms with van der Waals surface area (Å²) >= 11 is 1.65. The van der Waals surface area contributed by atoms with Crippen molar-refractivity contribution >= 4 is 17.6 Å². The maximum absolute atomic E-state index is 4.00. The number of amidine groups is 1. The molecule has 3 nitrogen and oxygen atoms in total. The molecule has 0 aliphatic rings. The number of nitrogens with zero attached hydrogens (tertiary/aromatic N) is 3. The predicted octanol–water partition coefficient (Wildman–Crippen LogP) is 2.52. The van der Waals surface area contributed by atoms with E-state index in [0.717, 1.165) is 5.84 Å². The van der Waals surface area contributed by atoms with Crippen molar-refractivity contribution in [3.05, 3.63) is 24.3 Å². The molecule has 0 aromatic carbocycles. The minimum Gasteiger partial charge on any atom is -0.235 e. The maximum atomic E-state index is 4.00. The summed E-state index contributed by atoms with van der Waals surface area (Å²) in [6, 6.07) is 0. The fraction of sp³-hybridized carbons (Fsp3) is 0.444. The Morgan fingerprint density at radius 2 is 2.31 bits per heavy atom. The standard InChI is InChI=1S/C9H16N3S/c1-5-6-10-11-9(2)12(3)7-8-13-4/h5,7-8H,1,6H2,2-4H3/q+1/b8-7-. The van der Waals surface area contributed by atoms with Crippen LogP contribution in [0.5, 0.6) is 0 Å². The van der Waals surface area contributed by atoms with E-state index in [1.807, 2.05) is 36.4 Å². The number of rotatable bonds is 4. The maximum Gasteiger partial charge on any atom is 0.322 e. The zero-order valence-electron chi connectivity index (χ0n) is 8.40. The van der Waals surface area contributed by atoms with Gasteiger partial charge < -0.3 is 0 Å². The predicted molar refractivity (Wildman–Crippen MR) is 59.4 cm³/mol. The van der Waals surface area contributed by atoms with Crippen LogP contribution in [0.15, 0.2) is 34.5 Å². The quantitative estimate of drug-likeness (QED) is 0.224.